The molecule has 0 bridgehead atoms. The van der Waals surface area contributed by atoms with Crippen LogP contribution in [0.4, 0.5) is 0 Å². The lowest BCUT2D eigenvalue weighted by Gasteiger charge is -2.19. The second-order valence-electron chi connectivity index (χ2n) is 4.00. The molecule has 2 atom stereocenters. The van der Waals surface area contributed by atoms with Crippen molar-refractivity contribution >= 4 is 5.91 Å². The van der Waals surface area contributed by atoms with Crippen LogP contribution in [0, 0.1) is 0 Å². The van der Waals surface area contributed by atoms with Gasteiger partial charge in [-0.2, -0.15) is 0 Å². The van der Waals surface area contributed by atoms with Crippen LogP contribution >= 0.6 is 0 Å². The molecule has 4 heteroatoms. The Balaban J connectivity index is 2.68. The molecule has 0 aliphatic heterocycles. The topological polar surface area (TPSA) is 50.4 Å². The number of nitrogens with one attached hydrogen (secondary N) is 2. The number of ether oxygens (including phenoxy) is 1. The first-order chi connectivity index (χ1) is 8.08. The lowest BCUT2D eigenvalue weighted by molar-refractivity contribution is -0.122. The number of hydrogen-bond acceptors (Lipinski definition) is 3. The van der Waals surface area contributed by atoms with E-state index in [2.05, 4.69) is 10.6 Å². The normalized spacial score (nSPS) is 13.9. The van der Waals surface area contributed by atoms with Gasteiger partial charge in [0.05, 0.1) is 13.2 Å². The van der Waals surface area contributed by atoms with Gasteiger partial charge in [-0.25, -0.2) is 0 Å². The van der Waals surface area contributed by atoms with E-state index in [4.69, 9.17) is 4.74 Å². The van der Waals surface area contributed by atoms with Gasteiger partial charge in [-0.15, -0.1) is 0 Å². The summed E-state index contributed by atoms with van der Waals surface area (Å²) in [5.41, 5.74) is 1.10. The van der Waals surface area contributed by atoms with Crippen molar-refractivity contribution in [1.29, 1.82) is 0 Å². The van der Waals surface area contributed by atoms with Gasteiger partial charge < -0.3 is 10.1 Å². The zero-order valence-corrected chi connectivity index (χ0v) is 10.8. The van der Waals surface area contributed by atoms with Crippen LogP contribution < -0.4 is 15.4 Å². The fourth-order valence-corrected chi connectivity index (χ4v) is 1.67. The fourth-order valence-electron chi connectivity index (χ4n) is 1.67. The minimum absolute atomic E-state index is 0.0141. The summed E-state index contributed by atoms with van der Waals surface area (Å²) in [6, 6.07) is 7.69. The van der Waals surface area contributed by atoms with Gasteiger partial charge in [0.1, 0.15) is 5.75 Å². The van der Waals surface area contributed by atoms with Crippen molar-refractivity contribution in [3.8, 4) is 5.75 Å². The number of carbonyl (C=O) groups is 1. The van der Waals surface area contributed by atoms with Gasteiger partial charge in [0.2, 0.25) is 5.91 Å². The molecule has 0 aromatic heterocycles. The van der Waals surface area contributed by atoms with Crippen LogP contribution in [0.5, 0.6) is 5.75 Å². The van der Waals surface area contributed by atoms with E-state index in [1.807, 2.05) is 38.1 Å². The molecule has 17 heavy (non-hydrogen) atoms. The van der Waals surface area contributed by atoms with Crippen molar-refractivity contribution in [2.24, 2.45) is 0 Å². The summed E-state index contributed by atoms with van der Waals surface area (Å²) < 4.78 is 5.17. The SMILES string of the molecule is CNC(=O)C(C)NC(C)c1cccc(OC)c1. The molecule has 0 saturated carbocycles. The molecule has 1 aromatic rings. The van der Waals surface area contributed by atoms with E-state index < -0.39 is 0 Å². The molecule has 0 heterocycles. The highest BCUT2D eigenvalue weighted by Crippen LogP contribution is 2.18. The molecular formula is C13H20N2O2. The molecule has 1 rings (SSSR count). The van der Waals surface area contributed by atoms with E-state index >= 15 is 0 Å². The van der Waals surface area contributed by atoms with Crippen molar-refractivity contribution < 1.29 is 9.53 Å². The van der Waals surface area contributed by atoms with Gasteiger partial charge in [0.15, 0.2) is 0 Å². The van der Waals surface area contributed by atoms with Gasteiger partial charge in [-0.3, -0.25) is 10.1 Å². The first-order valence-electron chi connectivity index (χ1n) is 5.70. The van der Waals surface area contributed by atoms with Crippen LogP contribution in [0.1, 0.15) is 25.5 Å². The molecule has 0 saturated heterocycles. The molecule has 0 radical (unpaired) electrons. The maximum Gasteiger partial charge on any atom is 0.236 e. The number of carbonyl (C=O) groups excluding carboxylic acids is 1. The third-order valence-electron chi connectivity index (χ3n) is 2.73. The van der Waals surface area contributed by atoms with E-state index in [0.29, 0.717) is 0 Å². The fraction of sp³-hybridized carbons (Fsp3) is 0.462. The van der Waals surface area contributed by atoms with Gasteiger partial charge in [-0.1, -0.05) is 12.1 Å². The van der Waals surface area contributed by atoms with E-state index in [1.54, 1.807) is 14.2 Å². The predicted octanol–water partition coefficient (Wildman–Crippen LogP) is 1.48. The average molecular weight is 236 g/mol. The summed E-state index contributed by atoms with van der Waals surface area (Å²) in [7, 11) is 3.28. The van der Waals surface area contributed by atoms with Crippen LogP contribution in [-0.2, 0) is 4.79 Å². The highest BCUT2D eigenvalue weighted by Gasteiger charge is 2.14. The standard InChI is InChI=1S/C13H20N2O2/c1-9(15-10(2)13(16)14-3)11-6-5-7-12(8-11)17-4/h5-10,15H,1-4H3,(H,14,16). The van der Waals surface area contributed by atoms with Crippen molar-refractivity contribution in [2.45, 2.75) is 25.9 Å². The van der Waals surface area contributed by atoms with E-state index in [1.165, 1.54) is 0 Å². The van der Waals surface area contributed by atoms with Crippen LogP contribution in [0.15, 0.2) is 24.3 Å². The summed E-state index contributed by atoms with van der Waals surface area (Å²) in [6.45, 7) is 3.86. The van der Waals surface area contributed by atoms with Gasteiger partial charge in [-0.05, 0) is 31.5 Å². The number of benzene rings is 1. The molecule has 0 aliphatic rings. The number of amides is 1. The molecule has 2 unspecified atom stereocenters. The van der Waals surface area contributed by atoms with E-state index in [9.17, 15) is 4.79 Å². The molecule has 0 aliphatic carbocycles. The number of rotatable bonds is 5. The monoisotopic (exact) mass is 236 g/mol. The Hall–Kier alpha value is -1.55. The molecular weight excluding hydrogens is 216 g/mol. The molecule has 94 valence electrons. The lowest BCUT2D eigenvalue weighted by atomic mass is 10.1. The third-order valence-corrected chi connectivity index (χ3v) is 2.73. The Bertz CT molecular complexity index is 379. The van der Waals surface area contributed by atoms with Crippen LogP contribution in [-0.4, -0.2) is 26.1 Å². The smallest absolute Gasteiger partial charge is 0.236 e. The Morgan fingerprint density at radius 3 is 2.65 bits per heavy atom. The van der Waals surface area contributed by atoms with Gasteiger partial charge in [0.25, 0.3) is 0 Å². The second kappa shape index (κ2) is 6.25. The van der Waals surface area contributed by atoms with Gasteiger partial charge >= 0.3 is 0 Å². The highest BCUT2D eigenvalue weighted by molar-refractivity contribution is 5.80. The van der Waals surface area contributed by atoms with Crippen molar-refractivity contribution in [1.82, 2.24) is 10.6 Å². The van der Waals surface area contributed by atoms with Crippen molar-refractivity contribution in [2.75, 3.05) is 14.2 Å². The summed E-state index contributed by atoms with van der Waals surface area (Å²) >= 11 is 0. The summed E-state index contributed by atoms with van der Waals surface area (Å²) in [6.07, 6.45) is 0. The zero-order valence-electron chi connectivity index (χ0n) is 10.8. The van der Waals surface area contributed by atoms with Crippen LogP contribution in [0.25, 0.3) is 0 Å². The van der Waals surface area contributed by atoms with Crippen molar-refractivity contribution in [3.05, 3.63) is 29.8 Å². The molecule has 0 spiro atoms. The average Bonchev–Trinajstić information content (AvgIpc) is 2.37. The Morgan fingerprint density at radius 2 is 2.06 bits per heavy atom. The lowest BCUT2D eigenvalue weighted by Crippen LogP contribution is -2.41. The number of likely N-dealkylation sites (N-methyl/N-ethyl adjacent to an activating group) is 1. The minimum atomic E-state index is -0.221. The molecule has 4 nitrogen and oxygen atoms in total. The Morgan fingerprint density at radius 1 is 1.35 bits per heavy atom. The first-order valence-corrected chi connectivity index (χ1v) is 5.70. The third kappa shape index (κ3) is 3.75. The van der Waals surface area contributed by atoms with Gasteiger partial charge in [0, 0.05) is 13.1 Å². The Kier molecular flexibility index (Phi) is 4.97. The maximum absolute atomic E-state index is 11.4. The van der Waals surface area contributed by atoms with Crippen LogP contribution in [0.2, 0.25) is 0 Å². The predicted molar refractivity (Wildman–Crippen MR) is 68.1 cm³/mol. The van der Waals surface area contributed by atoms with Crippen LogP contribution in [0.3, 0.4) is 0 Å². The Labute approximate surface area is 102 Å². The molecule has 2 N–H and O–H groups in total. The summed E-state index contributed by atoms with van der Waals surface area (Å²) in [5.74, 6) is 0.809. The first kappa shape index (κ1) is 13.5. The second-order valence-corrected chi connectivity index (χ2v) is 4.00. The zero-order chi connectivity index (χ0) is 12.8. The molecule has 0 fully saturated rings. The largest absolute Gasteiger partial charge is 0.497 e. The maximum atomic E-state index is 11.4. The minimum Gasteiger partial charge on any atom is -0.497 e. The molecule has 1 aromatic carbocycles. The van der Waals surface area contributed by atoms with Crippen molar-refractivity contribution in [3.63, 3.8) is 0 Å². The van der Waals surface area contributed by atoms with E-state index in [-0.39, 0.29) is 18.0 Å². The number of hydrogen-bond donors (Lipinski definition) is 2. The molecule has 1 amide bonds. The van der Waals surface area contributed by atoms with E-state index in [0.717, 1.165) is 11.3 Å². The summed E-state index contributed by atoms with van der Waals surface area (Å²) in [5, 5.41) is 5.85. The number of methoxy groups -OCH3 is 1. The highest BCUT2D eigenvalue weighted by atomic mass is 16.5. The quantitative estimate of drug-likeness (QED) is 0.814. The summed E-state index contributed by atoms with van der Waals surface area (Å²) in [4.78, 5) is 11.4.